The van der Waals surface area contributed by atoms with Gasteiger partial charge in [0.25, 0.3) is 0 Å². The summed E-state index contributed by atoms with van der Waals surface area (Å²) in [5.41, 5.74) is 3.42. The first-order valence-electron chi connectivity index (χ1n) is 9.11. The summed E-state index contributed by atoms with van der Waals surface area (Å²) in [6, 6.07) is 15.6. The van der Waals surface area contributed by atoms with Crippen LogP contribution in [0.2, 0.25) is 0 Å². The fraction of sp³-hybridized carbons (Fsp3) is 0.143. The second kappa shape index (κ2) is 6.90. The molecule has 0 amide bonds. The highest BCUT2D eigenvalue weighted by Gasteiger charge is 2.13. The van der Waals surface area contributed by atoms with Gasteiger partial charge in [0.15, 0.2) is 28.6 Å². The summed E-state index contributed by atoms with van der Waals surface area (Å²) < 4.78 is 14.7. The van der Waals surface area contributed by atoms with Gasteiger partial charge in [0.1, 0.15) is 12.9 Å². The van der Waals surface area contributed by atoms with Gasteiger partial charge >= 0.3 is 0 Å². The Morgan fingerprint density at radius 3 is 2.72 bits per heavy atom. The third kappa shape index (κ3) is 3.04. The van der Waals surface area contributed by atoms with Crippen molar-refractivity contribution in [1.82, 2.24) is 29.4 Å². The van der Waals surface area contributed by atoms with Crippen LogP contribution in [0, 0.1) is 0 Å². The molecule has 0 radical (unpaired) electrons. The van der Waals surface area contributed by atoms with Crippen molar-refractivity contribution in [2.45, 2.75) is 6.61 Å². The van der Waals surface area contributed by atoms with Crippen molar-refractivity contribution < 1.29 is 9.47 Å². The van der Waals surface area contributed by atoms with Crippen molar-refractivity contribution in [3.8, 4) is 22.9 Å². The van der Waals surface area contributed by atoms with Crippen LogP contribution < -0.4 is 9.47 Å². The van der Waals surface area contributed by atoms with Gasteiger partial charge in [-0.1, -0.05) is 30.3 Å². The molecule has 0 aliphatic carbocycles. The van der Waals surface area contributed by atoms with E-state index in [1.165, 1.54) is 0 Å². The van der Waals surface area contributed by atoms with E-state index in [4.69, 9.17) is 14.5 Å². The number of ether oxygens (including phenoxy) is 2. The minimum atomic E-state index is 0.413. The van der Waals surface area contributed by atoms with Gasteiger partial charge in [-0.05, 0) is 23.8 Å². The van der Waals surface area contributed by atoms with Crippen LogP contribution in [-0.4, -0.2) is 36.5 Å². The standard InChI is InChI=1S/C21H18N6O2/c1-26-20-16(11-23-26)21-24-19(25-27(21)13-22-20)15-7-5-6-14(10-15)12-29-18-9-4-3-8-17(18)28-2/h3-11,13H,12H2,1-2H3. The van der Waals surface area contributed by atoms with E-state index in [9.17, 15) is 0 Å². The third-order valence-corrected chi connectivity index (χ3v) is 4.72. The maximum Gasteiger partial charge on any atom is 0.182 e. The fourth-order valence-electron chi connectivity index (χ4n) is 3.26. The van der Waals surface area contributed by atoms with E-state index in [1.807, 2.05) is 55.6 Å². The number of fused-ring (bicyclic) bond motifs is 3. The number of rotatable bonds is 5. The Morgan fingerprint density at radius 1 is 1.00 bits per heavy atom. The molecule has 0 saturated carbocycles. The van der Waals surface area contributed by atoms with E-state index in [2.05, 4.69) is 15.2 Å². The Bertz CT molecular complexity index is 1320. The number of aromatic nitrogens is 6. The highest BCUT2D eigenvalue weighted by molar-refractivity contribution is 5.89. The predicted octanol–water partition coefficient (Wildman–Crippen LogP) is 3.27. The van der Waals surface area contributed by atoms with Gasteiger partial charge in [-0.3, -0.25) is 4.68 Å². The molecule has 0 fully saturated rings. The SMILES string of the molecule is COc1ccccc1OCc1cccc(-c2nc3c4cnn(C)c4ncn3n2)c1. The molecule has 0 aliphatic rings. The van der Waals surface area contributed by atoms with Crippen LogP contribution in [-0.2, 0) is 13.7 Å². The molecule has 3 aromatic heterocycles. The first-order chi connectivity index (χ1) is 14.2. The van der Waals surface area contributed by atoms with Gasteiger partial charge in [0.05, 0.1) is 18.7 Å². The van der Waals surface area contributed by atoms with Gasteiger partial charge in [0.2, 0.25) is 0 Å². The Morgan fingerprint density at radius 2 is 1.86 bits per heavy atom. The van der Waals surface area contributed by atoms with Crippen LogP contribution in [0.1, 0.15) is 5.56 Å². The molecule has 3 heterocycles. The summed E-state index contributed by atoms with van der Waals surface area (Å²) in [4.78, 5) is 9.11. The lowest BCUT2D eigenvalue weighted by Gasteiger charge is -2.10. The number of hydrogen-bond donors (Lipinski definition) is 0. The predicted molar refractivity (Wildman–Crippen MR) is 108 cm³/mol. The molecule has 29 heavy (non-hydrogen) atoms. The van der Waals surface area contributed by atoms with Crippen molar-refractivity contribution in [2.24, 2.45) is 7.05 Å². The Kier molecular flexibility index (Phi) is 4.09. The molecule has 0 aliphatic heterocycles. The largest absolute Gasteiger partial charge is 0.493 e. The summed E-state index contributed by atoms with van der Waals surface area (Å²) >= 11 is 0. The first-order valence-corrected chi connectivity index (χ1v) is 9.11. The van der Waals surface area contributed by atoms with E-state index < -0.39 is 0 Å². The molecule has 8 heteroatoms. The number of benzene rings is 2. The molecule has 0 spiro atoms. The van der Waals surface area contributed by atoms with Gasteiger partial charge in [-0.2, -0.15) is 5.10 Å². The molecular formula is C21H18N6O2. The zero-order valence-corrected chi connectivity index (χ0v) is 16.0. The van der Waals surface area contributed by atoms with Crippen LogP contribution in [0.4, 0.5) is 0 Å². The molecule has 0 unspecified atom stereocenters. The van der Waals surface area contributed by atoms with Crippen molar-refractivity contribution in [2.75, 3.05) is 7.11 Å². The molecule has 0 N–H and O–H groups in total. The van der Waals surface area contributed by atoms with Gasteiger partial charge in [0, 0.05) is 12.6 Å². The zero-order valence-electron chi connectivity index (χ0n) is 16.0. The topological polar surface area (TPSA) is 79.4 Å². The summed E-state index contributed by atoms with van der Waals surface area (Å²) in [6.07, 6.45) is 3.41. The van der Waals surface area contributed by atoms with Crippen LogP contribution in [0.25, 0.3) is 28.1 Å². The van der Waals surface area contributed by atoms with Crippen LogP contribution >= 0.6 is 0 Å². The highest BCUT2D eigenvalue weighted by atomic mass is 16.5. The molecule has 0 bridgehead atoms. The maximum atomic E-state index is 5.93. The molecular weight excluding hydrogens is 368 g/mol. The van der Waals surface area contributed by atoms with E-state index in [0.717, 1.165) is 27.8 Å². The molecule has 0 atom stereocenters. The van der Waals surface area contributed by atoms with Crippen molar-refractivity contribution in [3.05, 3.63) is 66.6 Å². The van der Waals surface area contributed by atoms with Crippen LogP contribution in [0.5, 0.6) is 11.5 Å². The number of hydrogen-bond acceptors (Lipinski definition) is 6. The minimum Gasteiger partial charge on any atom is -0.493 e. The Labute approximate surface area is 166 Å². The monoisotopic (exact) mass is 386 g/mol. The highest BCUT2D eigenvalue weighted by Crippen LogP contribution is 2.27. The number of nitrogens with zero attached hydrogens (tertiary/aromatic N) is 6. The average molecular weight is 386 g/mol. The number of aryl methyl sites for hydroxylation is 1. The van der Waals surface area contributed by atoms with E-state index >= 15 is 0 Å². The van der Waals surface area contributed by atoms with Crippen LogP contribution in [0.15, 0.2) is 61.1 Å². The van der Waals surface area contributed by atoms with E-state index in [1.54, 1.807) is 28.8 Å². The number of methoxy groups -OCH3 is 1. The van der Waals surface area contributed by atoms with E-state index in [0.29, 0.717) is 23.9 Å². The smallest absolute Gasteiger partial charge is 0.182 e. The first kappa shape index (κ1) is 17.2. The molecule has 5 rings (SSSR count). The molecule has 2 aromatic carbocycles. The normalized spacial score (nSPS) is 11.2. The average Bonchev–Trinajstić information content (AvgIpc) is 3.36. The quantitative estimate of drug-likeness (QED) is 0.461. The third-order valence-electron chi connectivity index (χ3n) is 4.72. The lowest BCUT2D eigenvalue weighted by Crippen LogP contribution is -1.98. The molecule has 0 saturated heterocycles. The lowest BCUT2D eigenvalue weighted by atomic mass is 10.1. The van der Waals surface area contributed by atoms with Crippen LogP contribution in [0.3, 0.4) is 0 Å². The Hall–Kier alpha value is -3.94. The summed E-state index contributed by atoms with van der Waals surface area (Å²) in [5.74, 6) is 2.04. The zero-order chi connectivity index (χ0) is 19.8. The van der Waals surface area contributed by atoms with Crippen molar-refractivity contribution >= 4 is 16.7 Å². The maximum absolute atomic E-state index is 5.93. The second-order valence-corrected chi connectivity index (χ2v) is 6.59. The second-order valence-electron chi connectivity index (χ2n) is 6.59. The molecule has 144 valence electrons. The van der Waals surface area contributed by atoms with Gasteiger partial charge in [-0.15, -0.1) is 5.10 Å². The minimum absolute atomic E-state index is 0.413. The summed E-state index contributed by atoms with van der Waals surface area (Å²) in [5, 5.41) is 9.70. The van der Waals surface area contributed by atoms with E-state index in [-0.39, 0.29) is 0 Å². The van der Waals surface area contributed by atoms with Gasteiger partial charge < -0.3 is 9.47 Å². The summed E-state index contributed by atoms with van der Waals surface area (Å²) in [6.45, 7) is 0.413. The number of para-hydroxylation sites is 2. The lowest BCUT2D eigenvalue weighted by molar-refractivity contribution is 0.284. The molecule has 5 aromatic rings. The Balaban J connectivity index is 1.45. The molecule has 8 nitrogen and oxygen atoms in total. The van der Waals surface area contributed by atoms with Gasteiger partial charge in [-0.25, -0.2) is 14.5 Å². The van der Waals surface area contributed by atoms with Crippen molar-refractivity contribution in [1.29, 1.82) is 0 Å². The summed E-state index contributed by atoms with van der Waals surface area (Å²) in [7, 11) is 3.49. The van der Waals surface area contributed by atoms with Crippen molar-refractivity contribution in [3.63, 3.8) is 0 Å². The fourth-order valence-corrected chi connectivity index (χ4v) is 3.26.